The molecule has 3 heteroatoms. The minimum absolute atomic E-state index is 0.716. The summed E-state index contributed by atoms with van der Waals surface area (Å²) in [5, 5.41) is 7.89. The molecule has 0 N–H and O–H groups in total. The molecule has 1 heterocycles. The molecule has 0 radical (unpaired) electrons. The summed E-state index contributed by atoms with van der Waals surface area (Å²) < 4.78 is 0. The minimum Gasteiger partial charge on any atom is -0.230 e. The highest BCUT2D eigenvalue weighted by atomic mass is 15.1. The zero-order chi connectivity index (χ0) is 10.6. The topological polar surface area (TPSA) is 38.7 Å². The highest BCUT2D eigenvalue weighted by Gasteiger charge is 1.96. The van der Waals surface area contributed by atoms with E-state index in [-0.39, 0.29) is 0 Å². The van der Waals surface area contributed by atoms with Crippen molar-refractivity contribution in [1.82, 2.24) is 15.2 Å². The molecule has 1 aromatic carbocycles. The molecule has 0 aliphatic heterocycles. The van der Waals surface area contributed by atoms with Crippen LogP contribution in [0.2, 0.25) is 0 Å². The molecular weight excluding hydrogens is 174 g/mol. The predicted octanol–water partition coefficient (Wildman–Crippen LogP) is 2.67. The van der Waals surface area contributed by atoms with Crippen molar-refractivity contribution in [3.8, 4) is 0 Å². The third-order valence-corrected chi connectivity index (χ3v) is 1.72. The van der Waals surface area contributed by atoms with Gasteiger partial charge < -0.3 is 0 Å². The average molecular weight is 189 g/mol. The van der Waals surface area contributed by atoms with Gasteiger partial charge in [-0.1, -0.05) is 19.9 Å². The van der Waals surface area contributed by atoms with Crippen LogP contribution >= 0.6 is 0 Å². The number of hydrogen-bond donors (Lipinski definition) is 0. The molecule has 0 bridgehead atoms. The van der Waals surface area contributed by atoms with E-state index in [1.165, 1.54) is 5.56 Å². The first-order valence-corrected chi connectivity index (χ1v) is 4.83. The molecule has 0 aliphatic rings. The first-order valence-electron chi connectivity index (χ1n) is 4.83. The maximum absolute atomic E-state index is 4.26. The highest BCUT2D eigenvalue weighted by Crippen LogP contribution is 2.09. The number of fused-ring (bicyclic) bond motifs is 1. The zero-order valence-corrected chi connectivity index (χ0v) is 9.07. The van der Waals surface area contributed by atoms with E-state index in [9.17, 15) is 0 Å². The average Bonchev–Trinajstić information content (AvgIpc) is 2.20. The van der Waals surface area contributed by atoms with Crippen LogP contribution in [-0.4, -0.2) is 15.2 Å². The Morgan fingerprint density at radius 1 is 0.929 bits per heavy atom. The lowest BCUT2D eigenvalue weighted by Crippen LogP contribution is -1.92. The van der Waals surface area contributed by atoms with Gasteiger partial charge in [0.25, 0.3) is 0 Å². The molecule has 0 saturated carbocycles. The molecule has 0 unspecified atom stereocenters. The standard InChI is InChI=1S/C9H9N3.C2H6/c1-6-3-4-8-9(5-6)10-7(2)11-12-8;1-2/h3-5H,1-2H3;1-2H3. The van der Waals surface area contributed by atoms with Gasteiger partial charge in [0.05, 0.1) is 5.52 Å². The first kappa shape index (κ1) is 10.6. The number of aromatic nitrogens is 3. The van der Waals surface area contributed by atoms with Crippen molar-refractivity contribution in [3.05, 3.63) is 29.6 Å². The normalized spacial score (nSPS) is 9.43. The third-order valence-electron chi connectivity index (χ3n) is 1.72. The van der Waals surface area contributed by atoms with Gasteiger partial charge in [0, 0.05) is 0 Å². The summed E-state index contributed by atoms with van der Waals surface area (Å²) in [6.45, 7) is 7.88. The molecule has 0 aliphatic carbocycles. The van der Waals surface area contributed by atoms with Crippen molar-refractivity contribution in [1.29, 1.82) is 0 Å². The van der Waals surface area contributed by atoms with Crippen molar-refractivity contribution in [2.24, 2.45) is 0 Å². The first-order chi connectivity index (χ1) is 6.75. The van der Waals surface area contributed by atoms with E-state index in [2.05, 4.69) is 15.2 Å². The van der Waals surface area contributed by atoms with Gasteiger partial charge in [-0.2, -0.15) is 0 Å². The molecule has 0 amide bonds. The summed E-state index contributed by atoms with van der Waals surface area (Å²) in [5.74, 6) is 0.716. The van der Waals surface area contributed by atoms with E-state index >= 15 is 0 Å². The van der Waals surface area contributed by atoms with Crippen molar-refractivity contribution in [3.63, 3.8) is 0 Å². The van der Waals surface area contributed by atoms with E-state index in [1.807, 2.05) is 45.9 Å². The fourth-order valence-electron chi connectivity index (χ4n) is 1.13. The van der Waals surface area contributed by atoms with Crippen molar-refractivity contribution in [2.45, 2.75) is 27.7 Å². The Balaban J connectivity index is 0.000000461. The van der Waals surface area contributed by atoms with Crippen molar-refractivity contribution < 1.29 is 0 Å². The second-order valence-electron chi connectivity index (χ2n) is 2.85. The number of hydrogen-bond acceptors (Lipinski definition) is 3. The van der Waals surface area contributed by atoms with E-state index in [0.717, 1.165) is 11.0 Å². The summed E-state index contributed by atoms with van der Waals surface area (Å²) in [4.78, 5) is 4.26. The summed E-state index contributed by atoms with van der Waals surface area (Å²) in [6, 6.07) is 5.95. The second kappa shape index (κ2) is 4.65. The van der Waals surface area contributed by atoms with Crippen LogP contribution in [0.4, 0.5) is 0 Å². The number of aryl methyl sites for hydroxylation is 2. The van der Waals surface area contributed by atoms with Crippen LogP contribution in [0.3, 0.4) is 0 Å². The Kier molecular flexibility index (Phi) is 3.51. The third kappa shape index (κ3) is 2.25. The van der Waals surface area contributed by atoms with E-state index in [0.29, 0.717) is 5.82 Å². The zero-order valence-electron chi connectivity index (χ0n) is 9.07. The lowest BCUT2D eigenvalue weighted by Gasteiger charge is -1.96. The van der Waals surface area contributed by atoms with Gasteiger partial charge in [0.1, 0.15) is 11.3 Å². The predicted molar refractivity (Wildman–Crippen MR) is 58.2 cm³/mol. The van der Waals surface area contributed by atoms with Crippen LogP contribution in [0.5, 0.6) is 0 Å². The molecule has 1 aromatic heterocycles. The van der Waals surface area contributed by atoms with E-state index in [4.69, 9.17) is 0 Å². The molecule has 2 aromatic rings. The Morgan fingerprint density at radius 2 is 1.64 bits per heavy atom. The largest absolute Gasteiger partial charge is 0.230 e. The molecule has 2 rings (SSSR count). The van der Waals surface area contributed by atoms with Gasteiger partial charge >= 0.3 is 0 Å². The summed E-state index contributed by atoms with van der Waals surface area (Å²) >= 11 is 0. The van der Waals surface area contributed by atoms with Crippen molar-refractivity contribution >= 4 is 11.0 Å². The fourth-order valence-corrected chi connectivity index (χ4v) is 1.13. The van der Waals surface area contributed by atoms with E-state index < -0.39 is 0 Å². The highest BCUT2D eigenvalue weighted by molar-refractivity contribution is 5.73. The maximum atomic E-state index is 4.26. The number of rotatable bonds is 0. The molecule has 3 nitrogen and oxygen atoms in total. The molecule has 0 saturated heterocycles. The van der Waals surface area contributed by atoms with Gasteiger partial charge in [-0.3, -0.25) is 0 Å². The molecular formula is C11H15N3. The van der Waals surface area contributed by atoms with Crippen LogP contribution < -0.4 is 0 Å². The van der Waals surface area contributed by atoms with Crippen LogP contribution in [-0.2, 0) is 0 Å². The van der Waals surface area contributed by atoms with Gasteiger partial charge in [0.2, 0.25) is 0 Å². The Morgan fingerprint density at radius 3 is 2.36 bits per heavy atom. The van der Waals surface area contributed by atoms with Crippen LogP contribution in [0.25, 0.3) is 11.0 Å². The van der Waals surface area contributed by atoms with Gasteiger partial charge in [-0.25, -0.2) is 4.98 Å². The van der Waals surface area contributed by atoms with Crippen LogP contribution in [0, 0.1) is 13.8 Å². The minimum atomic E-state index is 0.716. The molecule has 0 fully saturated rings. The number of nitrogens with zero attached hydrogens (tertiary/aromatic N) is 3. The molecule has 74 valence electrons. The Hall–Kier alpha value is -1.51. The SMILES string of the molecule is CC.Cc1ccc2nnc(C)nc2c1. The molecule has 14 heavy (non-hydrogen) atoms. The summed E-state index contributed by atoms with van der Waals surface area (Å²) in [6.07, 6.45) is 0. The second-order valence-corrected chi connectivity index (χ2v) is 2.85. The lowest BCUT2D eigenvalue weighted by molar-refractivity contribution is 0.951. The van der Waals surface area contributed by atoms with Crippen molar-refractivity contribution in [2.75, 3.05) is 0 Å². The van der Waals surface area contributed by atoms with E-state index in [1.54, 1.807) is 0 Å². The smallest absolute Gasteiger partial charge is 0.148 e. The van der Waals surface area contributed by atoms with Crippen LogP contribution in [0.1, 0.15) is 25.2 Å². The molecule has 0 spiro atoms. The molecule has 0 atom stereocenters. The quantitative estimate of drug-likeness (QED) is 0.639. The van der Waals surface area contributed by atoms with Crippen LogP contribution in [0.15, 0.2) is 18.2 Å². The van der Waals surface area contributed by atoms with Gasteiger partial charge in [-0.15, -0.1) is 10.2 Å². The Bertz CT molecular complexity index is 387. The summed E-state index contributed by atoms with van der Waals surface area (Å²) in [5.41, 5.74) is 2.97. The lowest BCUT2D eigenvalue weighted by atomic mass is 10.2. The summed E-state index contributed by atoms with van der Waals surface area (Å²) in [7, 11) is 0. The van der Waals surface area contributed by atoms with Gasteiger partial charge in [0.15, 0.2) is 0 Å². The van der Waals surface area contributed by atoms with Gasteiger partial charge in [-0.05, 0) is 31.5 Å². The fraction of sp³-hybridized carbons (Fsp3) is 0.364. The Labute approximate surface area is 84.2 Å². The number of benzene rings is 1. The monoisotopic (exact) mass is 189 g/mol. The maximum Gasteiger partial charge on any atom is 0.148 e.